The Morgan fingerprint density at radius 1 is 1.41 bits per heavy atom. The number of hydrogen-bond acceptors (Lipinski definition) is 4. The van der Waals surface area contributed by atoms with Crippen molar-refractivity contribution in [3.63, 3.8) is 0 Å². The van der Waals surface area contributed by atoms with Gasteiger partial charge in [-0.05, 0) is 24.1 Å². The molecule has 0 saturated heterocycles. The van der Waals surface area contributed by atoms with E-state index in [4.69, 9.17) is 5.73 Å². The molecule has 0 aliphatic heterocycles. The van der Waals surface area contributed by atoms with Gasteiger partial charge in [0.05, 0.1) is 5.69 Å². The molecule has 3 nitrogen and oxygen atoms in total. The molecule has 0 atom stereocenters. The molecule has 2 rings (SSSR count). The Bertz CT molecular complexity index is 493. The molecule has 0 amide bonds. The summed E-state index contributed by atoms with van der Waals surface area (Å²) in [4.78, 5) is 6.71. The minimum absolute atomic E-state index is 0.810. The first-order valence-electron chi connectivity index (χ1n) is 5.69. The summed E-state index contributed by atoms with van der Waals surface area (Å²) in [6, 6.07) is 7.98. The first-order valence-corrected chi connectivity index (χ1v) is 6.57. The van der Waals surface area contributed by atoms with E-state index < -0.39 is 0 Å². The van der Waals surface area contributed by atoms with E-state index in [2.05, 4.69) is 35.3 Å². The Labute approximate surface area is 106 Å². The standard InChI is InChI=1S/C13H17N3S/c1-3-12-9-17-13(15-12)16(2)8-10-5-4-6-11(14)7-10/h4-7,9H,3,8,14H2,1-2H3. The molecule has 1 aromatic heterocycles. The summed E-state index contributed by atoms with van der Waals surface area (Å²) in [5.41, 5.74) is 8.94. The summed E-state index contributed by atoms with van der Waals surface area (Å²) in [5, 5.41) is 3.18. The van der Waals surface area contributed by atoms with E-state index in [-0.39, 0.29) is 0 Å². The fourth-order valence-corrected chi connectivity index (χ4v) is 2.54. The van der Waals surface area contributed by atoms with Gasteiger partial charge in [0.2, 0.25) is 0 Å². The molecule has 0 aliphatic rings. The molecule has 90 valence electrons. The van der Waals surface area contributed by atoms with Crippen LogP contribution in [0.15, 0.2) is 29.6 Å². The van der Waals surface area contributed by atoms with Crippen LogP contribution in [0, 0.1) is 0 Å². The van der Waals surface area contributed by atoms with Gasteiger partial charge in [0.15, 0.2) is 5.13 Å². The highest BCUT2D eigenvalue weighted by Crippen LogP contribution is 2.21. The molecule has 0 unspecified atom stereocenters. The Morgan fingerprint density at radius 2 is 2.24 bits per heavy atom. The zero-order chi connectivity index (χ0) is 12.3. The summed E-state index contributed by atoms with van der Waals surface area (Å²) in [7, 11) is 2.06. The lowest BCUT2D eigenvalue weighted by Gasteiger charge is -2.15. The number of nitrogen functional groups attached to an aromatic ring is 1. The van der Waals surface area contributed by atoms with Gasteiger partial charge in [0.1, 0.15) is 0 Å². The molecule has 1 heterocycles. The van der Waals surface area contributed by atoms with Gasteiger partial charge in [-0.1, -0.05) is 19.1 Å². The third kappa shape index (κ3) is 2.97. The zero-order valence-electron chi connectivity index (χ0n) is 10.2. The van der Waals surface area contributed by atoms with Gasteiger partial charge in [-0.3, -0.25) is 0 Å². The largest absolute Gasteiger partial charge is 0.399 e. The topological polar surface area (TPSA) is 42.1 Å². The van der Waals surface area contributed by atoms with Gasteiger partial charge in [-0.25, -0.2) is 4.98 Å². The third-order valence-electron chi connectivity index (χ3n) is 2.60. The van der Waals surface area contributed by atoms with E-state index in [9.17, 15) is 0 Å². The summed E-state index contributed by atoms with van der Waals surface area (Å²) in [6.45, 7) is 2.96. The summed E-state index contributed by atoms with van der Waals surface area (Å²) in [6.07, 6.45) is 0.989. The fourth-order valence-electron chi connectivity index (χ4n) is 1.67. The molecule has 17 heavy (non-hydrogen) atoms. The number of anilines is 2. The Kier molecular flexibility index (Phi) is 3.64. The first-order chi connectivity index (χ1) is 8.19. The maximum Gasteiger partial charge on any atom is 0.185 e. The lowest BCUT2D eigenvalue weighted by atomic mass is 10.2. The van der Waals surface area contributed by atoms with Crippen molar-refractivity contribution >= 4 is 22.2 Å². The smallest absolute Gasteiger partial charge is 0.185 e. The molecule has 4 heteroatoms. The van der Waals surface area contributed by atoms with Gasteiger partial charge >= 0.3 is 0 Å². The number of nitrogens with zero attached hydrogens (tertiary/aromatic N) is 2. The van der Waals surface area contributed by atoms with Crippen LogP contribution in [0.3, 0.4) is 0 Å². The predicted octanol–water partition coefficient (Wildman–Crippen LogP) is 2.92. The molecule has 1 aromatic carbocycles. The van der Waals surface area contributed by atoms with E-state index in [0.717, 1.165) is 29.5 Å². The highest BCUT2D eigenvalue weighted by molar-refractivity contribution is 7.13. The SMILES string of the molecule is CCc1csc(N(C)Cc2cccc(N)c2)n1. The van der Waals surface area contributed by atoms with Crippen molar-refractivity contribution in [1.82, 2.24) is 4.98 Å². The Hall–Kier alpha value is -1.55. The Morgan fingerprint density at radius 3 is 2.88 bits per heavy atom. The van der Waals surface area contributed by atoms with Crippen LogP contribution < -0.4 is 10.6 Å². The molecule has 2 aromatic rings. The van der Waals surface area contributed by atoms with Crippen molar-refractivity contribution in [1.29, 1.82) is 0 Å². The monoisotopic (exact) mass is 247 g/mol. The van der Waals surface area contributed by atoms with Crippen molar-refractivity contribution in [2.45, 2.75) is 19.9 Å². The second kappa shape index (κ2) is 5.19. The second-order valence-electron chi connectivity index (χ2n) is 4.08. The first kappa shape index (κ1) is 11.9. The third-order valence-corrected chi connectivity index (χ3v) is 3.60. The van der Waals surface area contributed by atoms with Gasteiger partial charge in [-0.2, -0.15) is 0 Å². The van der Waals surface area contributed by atoms with E-state index >= 15 is 0 Å². The van der Waals surface area contributed by atoms with E-state index in [0.29, 0.717) is 0 Å². The van der Waals surface area contributed by atoms with Crippen LogP contribution in [-0.4, -0.2) is 12.0 Å². The number of thiazole rings is 1. The number of aryl methyl sites for hydroxylation is 1. The quantitative estimate of drug-likeness (QED) is 0.845. The van der Waals surface area contributed by atoms with Crippen LogP contribution >= 0.6 is 11.3 Å². The van der Waals surface area contributed by atoms with Crippen molar-refractivity contribution < 1.29 is 0 Å². The molecular formula is C13H17N3S. The zero-order valence-corrected chi connectivity index (χ0v) is 11.0. The average molecular weight is 247 g/mol. The van der Waals surface area contributed by atoms with Crippen molar-refractivity contribution in [3.05, 3.63) is 40.9 Å². The van der Waals surface area contributed by atoms with Crippen LogP contribution in [-0.2, 0) is 13.0 Å². The lowest BCUT2D eigenvalue weighted by Crippen LogP contribution is -2.16. The number of rotatable bonds is 4. The predicted molar refractivity (Wildman–Crippen MR) is 74.5 cm³/mol. The number of aromatic nitrogens is 1. The molecule has 0 fully saturated rings. The van der Waals surface area contributed by atoms with Gasteiger partial charge in [-0.15, -0.1) is 11.3 Å². The lowest BCUT2D eigenvalue weighted by molar-refractivity contribution is 0.905. The minimum atomic E-state index is 0.810. The van der Waals surface area contributed by atoms with Crippen LogP contribution in [0.2, 0.25) is 0 Å². The number of benzene rings is 1. The molecule has 2 N–H and O–H groups in total. The summed E-state index contributed by atoms with van der Waals surface area (Å²) >= 11 is 1.69. The second-order valence-corrected chi connectivity index (χ2v) is 4.91. The van der Waals surface area contributed by atoms with E-state index in [1.807, 2.05) is 18.2 Å². The van der Waals surface area contributed by atoms with Gasteiger partial charge in [0.25, 0.3) is 0 Å². The molecule has 0 saturated carbocycles. The minimum Gasteiger partial charge on any atom is -0.399 e. The Balaban J connectivity index is 2.08. The number of hydrogen-bond donors (Lipinski definition) is 1. The van der Waals surface area contributed by atoms with Crippen molar-refractivity contribution in [2.75, 3.05) is 17.7 Å². The molecule has 0 bridgehead atoms. The van der Waals surface area contributed by atoms with Crippen molar-refractivity contribution in [3.8, 4) is 0 Å². The maximum atomic E-state index is 5.77. The normalized spacial score (nSPS) is 10.5. The van der Waals surface area contributed by atoms with Crippen LogP contribution in [0.1, 0.15) is 18.2 Å². The molecule has 0 spiro atoms. The average Bonchev–Trinajstić information content (AvgIpc) is 2.77. The molecule has 0 radical (unpaired) electrons. The molecule has 0 aliphatic carbocycles. The van der Waals surface area contributed by atoms with E-state index in [1.54, 1.807) is 11.3 Å². The summed E-state index contributed by atoms with van der Waals surface area (Å²) in [5.74, 6) is 0. The number of nitrogens with two attached hydrogens (primary N) is 1. The highest BCUT2D eigenvalue weighted by Gasteiger charge is 2.06. The van der Waals surface area contributed by atoms with Gasteiger partial charge < -0.3 is 10.6 Å². The highest BCUT2D eigenvalue weighted by atomic mass is 32.1. The van der Waals surface area contributed by atoms with E-state index in [1.165, 1.54) is 5.56 Å². The van der Waals surface area contributed by atoms with Crippen LogP contribution in [0.25, 0.3) is 0 Å². The maximum absolute atomic E-state index is 5.77. The fraction of sp³-hybridized carbons (Fsp3) is 0.308. The van der Waals surface area contributed by atoms with Crippen LogP contribution in [0.4, 0.5) is 10.8 Å². The molecular weight excluding hydrogens is 230 g/mol. The van der Waals surface area contributed by atoms with Crippen molar-refractivity contribution in [2.24, 2.45) is 0 Å². The summed E-state index contributed by atoms with van der Waals surface area (Å²) < 4.78 is 0. The van der Waals surface area contributed by atoms with Gasteiger partial charge in [0, 0.05) is 24.7 Å². The van der Waals surface area contributed by atoms with Crippen LogP contribution in [0.5, 0.6) is 0 Å².